The highest BCUT2D eigenvalue weighted by atomic mass is 16.2. The molecule has 0 spiro atoms. The van der Waals surface area contributed by atoms with Crippen LogP contribution in [0.15, 0.2) is 0 Å². The Bertz CT molecular complexity index is 270. The van der Waals surface area contributed by atoms with Crippen LogP contribution in [0.25, 0.3) is 0 Å². The first kappa shape index (κ1) is 15.4. The molecule has 0 aliphatic carbocycles. The van der Waals surface area contributed by atoms with Crippen LogP contribution in [0.4, 0.5) is 0 Å². The van der Waals surface area contributed by atoms with Crippen molar-refractivity contribution in [3.05, 3.63) is 0 Å². The van der Waals surface area contributed by atoms with Gasteiger partial charge in [-0.2, -0.15) is 0 Å². The first-order valence-corrected chi connectivity index (χ1v) is 7.16. The molecule has 1 aliphatic heterocycles. The largest absolute Gasteiger partial charge is 0.352 e. The molecule has 1 unspecified atom stereocenters. The summed E-state index contributed by atoms with van der Waals surface area (Å²) in [5, 5.41) is 6.53. The van der Waals surface area contributed by atoms with E-state index in [1.54, 1.807) is 0 Å². The fourth-order valence-electron chi connectivity index (χ4n) is 2.45. The van der Waals surface area contributed by atoms with Crippen LogP contribution in [0.3, 0.4) is 0 Å². The molecule has 0 bridgehead atoms. The summed E-state index contributed by atoms with van der Waals surface area (Å²) < 4.78 is 0. The number of piperazine rings is 1. The Morgan fingerprint density at radius 3 is 2.33 bits per heavy atom. The van der Waals surface area contributed by atoms with E-state index in [0.717, 1.165) is 32.6 Å². The summed E-state index contributed by atoms with van der Waals surface area (Å²) in [5.74, 6) is 0.641. The molecule has 0 aromatic rings. The van der Waals surface area contributed by atoms with E-state index in [1.807, 2.05) is 13.8 Å². The Hall–Kier alpha value is -0.610. The number of nitrogens with one attached hydrogen (secondary N) is 2. The lowest BCUT2D eigenvalue weighted by atomic mass is 9.96. The normalized spacial score (nSPS) is 19.9. The summed E-state index contributed by atoms with van der Waals surface area (Å²) in [5.41, 5.74) is -0.412. The van der Waals surface area contributed by atoms with E-state index in [1.165, 1.54) is 0 Å². The van der Waals surface area contributed by atoms with Gasteiger partial charge in [0.25, 0.3) is 0 Å². The first-order valence-electron chi connectivity index (χ1n) is 7.16. The third kappa shape index (κ3) is 3.69. The Balaban J connectivity index is 2.62. The lowest BCUT2D eigenvalue weighted by Gasteiger charge is -2.40. The van der Waals surface area contributed by atoms with E-state index >= 15 is 0 Å². The number of amides is 1. The lowest BCUT2D eigenvalue weighted by Crippen LogP contribution is -2.61. The van der Waals surface area contributed by atoms with Gasteiger partial charge in [0.1, 0.15) is 0 Å². The molecule has 1 rings (SSSR count). The minimum atomic E-state index is -0.412. The van der Waals surface area contributed by atoms with Gasteiger partial charge in [-0.15, -0.1) is 0 Å². The van der Waals surface area contributed by atoms with E-state index in [4.69, 9.17) is 0 Å². The van der Waals surface area contributed by atoms with E-state index in [9.17, 15) is 4.79 Å². The zero-order valence-corrected chi connectivity index (χ0v) is 12.5. The van der Waals surface area contributed by atoms with Crippen molar-refractivity contribution in [3.63, 3.8) is 0 Å². The van der Waals surface area contributed by atoms with E-state index in [2.05, 4.69) is 36.3 Å². The quantitative estimate of drug-likeness (QED) is 0.776. The van der Waals surface area contributed by atoms with E-state index < -0.39 is 5.54 Å². The molecule has 18 heavy (non-hydrogen) atoms. The molecule has 0 saturated carbocycles. The third-order valence-electron chi connectivity index (χ3n) is 4.02. The Morgan fingerprint density at radius 1 is 1.33 bits per heavy atom. The van der Waals surface area contributed by atoms with Crippen molar-refractivity contribution >= 4 is 5.91 Å². The van der Waals surface area contributed by atoms with Gasteiger partial charge in [-0.05, 0) is 26.2 Å². The topological polar surface area (TPSA) is 44.4 Å². The van der Waals surface area contributed by atoms with Gasteiger partial charge >= 0.3 is 0 Å². The molecule has 106 valence electrons. The molecule has 0 aromatic carbocycles. The molecule has 1 fully saturated rings. The molecule has 4 nitrogen and oxygen atoms in total. The molecule has 0 radical (unpaired) electrons. The number of rotatable bonds is 5. The van der Waals surface area contributed by atoms with Crippen LogP contribution in [0, 0.1) is 5.92 Å². The summed E-state index contributed by atoms with van der Waals surface area (Å²) >= 11 is 0. The lowest BCUT2D eigenvalue weighted by molar-refractivity contribution is -0.133. The molecule has 2 N–H and O–H groups in total. The van der Waals surface area contributed by atoms with Crippen molar-refractivity contribution < 1.29 is 4.79 Å². The van der Waals surface area contributed by atoms with Crippen LogP contribution < -0.4 is 10.6 Å². The molecule has 1 aliphatic rings. The standard InChI is InChI=1S/C14H29N3O/c1-6-12(11(2)3)16-13(18)14(4,5)17-9-7-15-8-10-17/h11-12,15H,6-10H2,1-5H3,(H,16,18). The number of carbonyl (C=O) groups excluding carboxylic acids is 1. The fourth-order valence-corrected chi connectivity index (χ4v) is 2.45. The second-order valence-electron chi connectivity index (χ2n) is 6.03. The van der Waals surface area contributed by atoms with Crippen LogP contribution in [0.2, 0.25) is 0 Å². The highest BCUT2D eigenvalue weighted by Gasteiger charge is 2.36. The van der Waals surface area contributed by atoms with Crippen molar-refractivity contribution in [2.75, 3.05) is 26.2 Å². The molecule has 1 atom stereocenters. The summed E-state index contributed by atoms with van der Waals surface area (Å²) in [6.45, 7) is 14.3. The second kappa shape index (κ2) is 6.53. The molecule has 1 saturated heterocycles. The highest BCUT2D eigenvalue weighted by molar-refractivity contribution is 5.85. The van der Waals surface area contributed by atoms with Gasteiger partial charge in [0.15, 0.2) is 0 Å². The maximum atomic E-state index is 12.5. The van der Waals surface area contributed by atoms with Crippen LogP contribution in [0.5, 0.6) is 0 Å². The van der Waals surface area contributed by atoms with Gasteiger partial charge in [-0.3, -0.25) is 9.69 Å². The zero-order chi connectivity index (χ0) is 13.8. The molecular weight excluding hydrogens is 226 g/mol. The molecule has 1 heterocycles. The minimum Gasteiger partial charge on any atom is -0.352 e. The maximum absolute atomic E-state index is 12.5. The SMILES string of the molecule is CCC(NC(=O)C(C)(C)N1CCNCC1)C(C)C. The smallest absolute Gasteiger partial charge is 0.240 e. The Kier molecular flexibility index (Phi) is 5.60. The molecule has 4 heteroatoms. The predicted octanol–water partition coefficient (Wildman–Crippen LogP) is 1.22. The number of nitrogens with zero attached hydrogens (tertiary/aromatic N) is 1. The second-order valence-corrected chi connectivity index (χ2v) is 6.03. The fraction of sp³-hybridized carbons (Fsp3) is 0.929. The van der Waals surface area contributed by atoms with Crippen LogP contribution in [-0.2, 0) is 4.79 Å². The number of carbonyl (C=O) groups is 1. The van der Waals surface area contributed by atoms with Crippen LogP contribution in [0.1, 0.15) is 41.0 Å². The predicted molar refractivity (Wildman–Crippen MR) is 75.6 cm³/mol. The summed E-state index contributed by atoms with van der Waals surface area (Å²) in [4.78, 5) is 14.7. The van der Waals surface area contributed by atoms with Crippen molar-refractivity contribution in [1.29, 1.82) is 0 Å². The van der Waals surface area contributed by atoms with Gasteiger partial charge in [0.2, 0.25) is 5.91 Å². The summed E-state index contributed by atoms with van der Waals surface area (Å²) in [6.07, 6.45) is 0.987. The van der Waals surface area contributed by atoms with Gasteiger partial charge in [0, 0.05) is 32.2 Å². The van der Waals surface area contributed by atoms with Crippen LogP contribution in [-0.4, -0.2) is 48.6 Å². The average Bonchev–Trinajstić information content (AvgIpc) is 2.36. The van der Waals surface area contributed by atoms with Gasteiger partial charge in [-0.25, -0.2) is 0 Å². The van der Waals surface area contributed by atoms with Gasteiger partial charge < -0.3 is 10.6 Å². The zero-order valence-electron chi connectivity index (χ0n) is 12.5. The van der Waals surface area contributed by atoms with E-state index in [0.29, 0.717) is 5.92 Å². The summed E-state index contributed by atoms with van der Waals surface area (Å²) in [6, 6.07) is 0.277. The summed E-state index contributed by atoms with van der Waals surface area (Å²) in [7, 11) is 0. The van der Waals surface area contributed by atoms with Crippen molar-refractivity contribution in [3.8, 4) is 0 Å². The van der Waals surface area contributed by atoms with Crippen molar-refractivity contribution in [1.82, 2.24) is 15.5 Å². The van der Waals surface area contributed by atoms with Gasteiger partial charge in [-0.1, -0.05) is 20.8 Å². The third-order valence-corrected chi connectivity index (χ3v) is 4.02. The van der Waals surface area contributed by atoms with Crippen LogP contribution >= 0.6 is 0 Å². The Morgan fingerprint density at radius 2 is 1.89 bits per heavy atom. The van der Waals surface area contributed by atoms with Gasteiger partial charge in [0.05, 0.1) is 5.54 Å². The first-order chi connectivity index (χ1) is 8.39. The van der Waals surface area contributed by atoms with E-state index in [-0.39, 0.29) is 11.9 Å². The minimum absolute atomic E-state index is 0.157. The molecular formula is C14H29N3O. The molecule has 0 aromatic heterocycles. The van der Waals surface area contributed by atoms with Crippen molar-refractivity contribution in [2.45, 2.75) is 52.6 Å². The highest BCUT2D eigenvalue weighted by Crippen LogP contribution is 2.17. The number of hydrogen-bond donors (Lipinski definition) is 2. The number of hydrogen-bond acceptors (Lipinski definition) is 3. The van der Waals surface area contributed by atoms with Crippen molar-refractivity contribution in [2.24, 2.45) is 5.92 Å². The molecule has 1 amide bonds. The Labute approximate surface area is 111 Å². The monoisotopic (exact) mass is 255 g/mol. The average molecular weight is 255 g/mol. The maximum Gasteiger partial charge on any atom is 0.240 e.